The molecular weight excluding hydrogens is 232 g/mol. The molecule has 106 valence electrons. The molecule has 0 aliphatic carbocycles. The Morgan fingerprint density at radius 1 is 1.44 bits per heavy atom. The summed E-state index contributed by atoms with van der Waals surface area (Å²) in [5.74, 6) is 0.409. The number of esters is 1. The Morgan fingerprint density at radius 2 is 2.17 bits per heavy atom. The molecule has 0 bridgehead atoms. The smallest absolute Gasteiger partial charge is 0.324 e. The number of carbonyl (C=O) groups is 1. The van der Waals surface area contributed by atoms with Crippen LogP contribution < -0.4 is 5.32 Å². The molecule has 1 fully saturated rings. The molecule has 0 amide bonds. The van der Waals surface area contributed by atoms with Gasteiger partial charge in [-0.25, -0.2) is 0 Å². The monoisotopic (exact) mass is 258 g/mol. The second-order valence-electron chi connectivity index (χ2n) is 5.27. The first-order chi connectivity index (χ1) is 8.56. The van der Waals surface area contributed by atoms with E-state index in [2.05, 4.69) is 10.2 Å². The van der Waals surface area contributed by atoms with E-state index in [1.807, 2.05) is 13.8 Å². The van der Waals surface area contributed by atoms with E-state index >= 15 is 0 Å². The van der Waals surface area contributed by atoms with E-state index in [0.717, 1.165) is 26.1 Å². The van der Waals surface area contributed by atoms with E-state index in [1.165, 1.54) is 7.11 Å². The highest BCUT2D eigenvalue weighted by Gasteiger charge is 2.28. The molecule has 2 unspecified atom stereocenters. The molecule has 1 aliphatic heterocycles. The summed E-state index contributed by atoms with van der Waals surface area (Å²) in [6.07, 6.45) is 1.14. The average molecular weight is 258 g/mol. The number of carbonyl (C=O) groups excluding carboxylic acids is 1. The van der Waals surface area contributed by atoms with Gasteiger partial charge in [-0.2, -0.15) is 0 Å². The van der Waals surface area contributed by atoms with Crippen LogP contribution in [0.2, 0.25) is 0 Å². The maximum absolute atomic E-state index is 11.7. The quantitative estimate of drug-likeness (QED) is 0.674. The first-order valence-corrected chi connectivity index (χ1v) is 6.62. The fraction of sp³-hybridized carbons (Fsp3) is 0.923. The molecule has 1 N–H and O–H groups in total. The van der Waals surface area contributed by atoms with Crippen molar-refractivity contribution in [1.82, 2.24) is 10.2 Å². The number of rotatable bonds is 7. The van der Waals surface area contributed by atoms with Crippen LogP contribution in [0.15, 0.2) is 0 Å². The first-order valence-electron chi connectivity index (χ1n) is 6.62. The van der Waals surface area contributed by atoms with Crippen LogP contribution in [-0.2, 0) is 14.3 Å². The van der Waals surface area contributed by atoms with Gasteiger partial charge in [-0.3, -0.25) is 4.79 Å². The zero-order valence-electron chi connectivity index (χ0n) is 11.9. The molecular formula is C13H26N2O3. The van der Waals surface area contributed by atoms with E-state index in [0.29, 0.717) is 12.5 Å². The van der Waals surface area contributed by atoms with Gasteiger partial charge in [0.15, 0.2) is 0 Å². The highest BCUT2D eigenvalue weighted by Crippen LogP contribution is 2.16. The van der Waals surface area contributed by atoms with Crippen LogP contribution in [0.1, 0.15) is 20.3 Å². The van der Waals surface area contributed by atoms with Gasteiger partial charge < -0.3 is 19.7 Å². The second kappa shape index (κ2) is 7.71. The van der Waals surface area contributed by atoms with Gasteiger partial charge in [-0.1, -0.05) is 13.8 Å². The molecule has 5 nitrogen and oxygen atoms in total. The topological polar surface area (TPSA) is 50.8 Å². The fourth-order valence-corrected chi connectivity index (χ4v) is 2.45. The van der Waals surface area contributed by atoms with Crippen LogP contribution in [0.25, 0.3) is 0 Å². The van der Waals surface area contributed by atoms with Crippen LogP contribution in [0.4, 0.5) is 0 Å². The van der Waals surface area contributed by atoms with Gasteiger partial charge in [0.05, 0.1) is 13.7 Å². The molecule has 0 aromatic rings. The molecule has 0 aromatic carbocycles. The Bertz CT molecular complexity index is 259. The third kappa shape index (κ3) is 4.92. The maximum atomic E-state index is 11.7. The molecule has 2 atom stereocenters. The minimum atomic E-state index is -0.240. The molecule has 1 rings (SSSR count). The summed E-state index contributed by atoms with van der Waals surface area (Å²) in [4.78, 5) is 14.0. The van der Waals surface area contributed by atoms with Crippen molar-refractivity contribution in [1.29, 1.82) is 0 Å². The lowest BCUT2D eigenvalue weighted by atomic mass is 10.1. The fourth-order valence-electron chi connectivity index (χ4n) is 2.45. The highest BCUT2D eigenvalue weighted by atomic mass is 16.5. The summed E-state index contributed by atoms with van der Waals surface area (Å²) in [6, 6.07) is 0.0303. The summed E-state index contributed by atoms with van der Waals surface area (Å²) in [6.45, 7) is 7.62. The number of hydrogen-bond donors (Lipinski definition) is 1. The Balaban J connectivity index is 2.43. The number of hydrogen-bond acceptors (Lipinski definition) is 5. The van der Waals surface area contributed by atoms with Gasteiger partial charge in [0.1, 0.15) is 6.04 Å². The first kappa shape index (κ1) is 15.4. The Morgan fingerprint density at radius 3 is 2.72 bits per heavy atom. The minimum absolute atomic E-state index is 0.182. The highest BCUT2D eigenvalue weighted by molar-refractivity contribution is 5.76. The van der Waals surface area contributed by atoms with E-state index in [4.69, 9.17) is 9.47 Å². The van der Waals surface area contributed by atoms with Gasteiger partial charge in [0.25, 0.3) is 0 Å². The number of likely N-dealkylation sites (tertiary alicyclic amines) is 1. The Labute approximate surface area is 110 Å². The van der Waals surface area contributed by atoms with Crippen molar-refractivity contribution in [3.8, 4) is 0 Å². The van der Waals surface area contributed by atoms with Gasteiger partial charge in [-0.15, -0.1) is 0 Å². The van der Waals surface area contributed by atoms with Gasteiger partial charge in [-0.05, 0) is 18.9 Å². The van der Waals surface area contributed by atoms with Crippen molar-refractivity contribution < 1.29 is 14.3 Å². The van der Waals surface area contributed by atoms with Gasteiger partial charge >= 0.3 is 5.97 Å². The largest absolute Gasteiger partial charge is 0.468 e. The van der Waals surface area contributed by atoms with E-state index in [1.54, 1.807) is 7.11 Å². The van der Waals surface area contributed by atoms with Crippen molar-refractivity contribution in [2.75, 3.05) is 40.5 Å². The predicted octanol–water partition coefficient (Wildman–Crippen LogP) is 0.494. The standard InChI is InChI=1S/C13H26N2O3/c1-10(2)14-12(13(16)18-4)8-15-6-5-11(7-15)9-17-3/h10-12,14H,5-9H2,1-4H3. The third-order valence-electron chi connectivity index (χ3n) is 3.23. The lowest BCUT2D eigenvalue weighted by molar-refractivity contribution is -0.143. The normalized spacial score (nSPS) is 22.4. The molecule has 1 aliphatic rings. The molecule has 0 saturated carbocycles. The third-order valence-corrected chi connectivity index (χ3v) is 3.23. The van der Waals surface area contributed by atoms with Crippen LogP contribution in [0.5, 0.6) is 0 Å². The molecule has 18 heavy (non-hydrogen) atoms. The maximum Gasteiger partial charge on any atom is 0.324 e. The van der Waals surface area contributed by atoms with E-state index in [9.17, 15) is 4.79 Å². The summed E-state index contributed by atoms with van der Waals surface area (Å²) < 4.78 is 10.0. The molecule has 1 heterocycles. The number of methoxy groups -OCH3 is 2. The lowest BCUT2D eigenvalue weighted by Gasteiger charge is -2.24. The Hall–Kier alpha value is -0.650. The van der Waals surface area contributed by atoms with Crippen molar-refractivity contribution in [2.45, 2.75) is 32.4 Å². The molecule has 0 aromatic heterocycles. The lowest BCUT2D eigenvalue weighted by Crippen LogP contribution is -2.48. The zero-order valence-corrected chi connectivity index (χ0v) is 11.9. The average Bonchev–Trinajstić information content (AvgIpc) is 2.75. The van der Waals surface area contributed by atoms with E-state index in [-0.39, 0.29) is 18.1 Å². The summed E-state index contributed by atoms with van der Waals surface area (Å²) >= 11 is 0. The van der Waals surface area contributed by atoms with Crippen molar-refractivity contribution >= 4 is 5.97 Å². The van der Waals surface area contributed by atoms with Crippen molar-refractivity contribution in [3.63, 3.8) is 0 Å². The SMILES string of the molecule is COCC1CCN(CC(NC(C)C)C(=O)OC)C1. The van der Waals surface area contributed by atoms with Crippen LogP contribution in [0, 0.1) is 5.92 Å². The van der Waals surface area contributed by atoms with Crippen molar-refractivity contribution in [2.24, 2.45) is 5.92 Å². The number of nitrogens with one attached hydrogen (secondary N) is 1. The zero-order chi connectivity index (χ0) is 13.5. The molecule has 0 spiro atoms. The van der Waals surface area contributed by atoms with Gasteiger partial charge in [0, 0.05) is 26.2 Å². The Kier molecular flexibility index (Phi) is 6.60. The molecule has 0 radical (unpaired) electrons. The molecule has 5 heteroatoms. The minimum Gasteiger partial charge on any atom is -0.468 e. The summed E-state index contributed by atoms with van der Waals surface area (Å²) in [7, 11) is 3.18. The number of nitrogens with zero attached hydrogens (tertiary/aromatic N) is 1. The second-order valence-corrected chi connectivity index (χ2v) is 5.27. The van der Waals surface area contributed by atoms with Crippen LogP contribution >= 0.6 is 0 Å². The summed E-state index contributed by atoms with van der Waals surface area (Å²) in [5.41, 5.74) is 0. The van der Waals surface area contributed by atoms with Crippen LogP contribution in [0.3, 0.4) is 0 Å². The number of ether oxygens (including phenoxy) is 2. The summed E-state index contributed by atoms with van der Waals surface area (Å²) in [5, 5.41) is 3.26. The predicted molar refractivity (Wildman–Crippen MR) is 70.5 cm³/mol. The molecule has 1 saturated heterocycles. The van der Waals surface area contributed by atoms with E-state index < -0.39 is 0 Å². The van der Waals surface area contributed by atoms with Gasteiger partial charge in [0.2, 0.25) is 0 Å². The van der Waals surface area contributed by atoms with Crippen molar-refractivity contribution in [3.05, 3.63) is 0 Å². The van der Waals surface area contributed by atoms with Crippen LogP contribution in [-0.4, -0.2) is 63.4 Å².